The third kappa shape index (κ3) is 6.00. The second-order valence-electron chi connectivity index (χ2n) is 19.3. The van der Waals surface area contributed by atoms with E-state index in [1.54, 1.807) is 0 Å². The van der Waals surface area contributed by atoms with Gasteiger partial charge in [-0.15, -0.1) is 0 Å². The zero-order chi connectivity index (χ0) is 47.3. The Kier molecular flexibility index (Phi) is 9.06. The lowest BCUT2D eigenvalue weighted by Gasteiger charge is -2.22. The van der Waals surface area contributed by atoms with Crippen LogP contribution in [0.25, 0.3) is 155 Å². The molecule has 0 radical (unpaired) electrons. The first kappa shape index (κ1) is 40.5. The standard InChI is InChI=1S/C72H44/c1-5-20-45(21-6-1)52-30-13-14-31-54(52)63-44-62(67(51-26-11-4-12-27-51)70-59-36-18-29-48-28-17-35-58(64(48)59)69(63)70)47-40-38-46(39-41-47)53-42-43-61-68-55(53)34-19-37-60(68)71-65(49-22-7-2-8-23-49)56-32-15-16-33-57(56)66(72(61)71)50-24-9-3-10-25-50/h1-44H. The maximum atomic E-state index is 2.50. The van der Waals surface area contributed by atoms with Crippen molar-refractivity contribution >= 4 is 32.3 Å². The molecule has 0 amide bonds. The Bertz CT molecular complexity index is 4220. The summed E-state index contributed by atoms with van der Waals surface area (Å²) >= 11 is 0. The van der Waals surface area contributed by atoms with Crippen LogP contribution in [0.5, 0.6) is 0 Å². The average molecular weight is 909 g/mol. The molecule has 0 spiro atoms. The molecule has 13 aromatic carbocycles. The zero-order valence-electron chi connectivity index (χ0n) is 39.4. The smallest absolute Gasteiger partial charge is 0.000741 e. The summed E-state index contributed by atoms with van der Waals surface area (Å²) < 4.78 is 0. The SMILES string of the molecule is c1ccc(-c2ccccc2-c2cc(-c3ccc(-c4ccc5c6c(cccc46)-c4c-5c(-c5ccccc5)c5ccccc5c4-c4ccccc4)cc3)c(-c3ccccc3)c3c2-c2cccc4cccc-3c24)cc1. The van der Waals surface area contributed by atoms with E-state index in [2.05, 4.69) is 267 Å². The third-order valence-electron chi connectivity index (χ3n) is 15.6. The molecule has 0 atom stereocenters. The van der Waals surface area contributed by atoms with Crippen LogP contribution in [0.1, 0.15) is 0 Å². The molecule has 0 unspecified atom stereocenters. The molecule has 332 valence electrons. The van der Waals surface area contributed by atoms with Gasteiger partial charge in [0.15, 0.2) is 0 Å². The van der Waals surface area contributed by atoms with Crippen molar-refractivity contribution in [1.29, 1.82) is 0 Å². The van der Waals surface area contributed by atoms with Crippen molar-refractivity contribution in [2.75, 3.05) is 0 Å². The fraction of sp³-hybridized carbons (Fsp3) is 0. The van der Waals surface area contributed by atoms with Crippen molar-refractivity contribution in [3.05, 3.63) is 267 Å². The Balaban J connectivity index is 0.955. The van der Waals surface area contributed by atoms with Gasteiger partial charge in [0.05, 0.1) is 0 Å². The molecule has 0 aliphatic heterocycles. The lowest BCUT2D eigenvalue weighted by Crippen LogP contribution is -1.96. The molecule has 0 heterocycles. The Morgan fingerprint density at radius 3 is 1.11 bits per heavy atom. The van der Waals surface area contributed by atoms with Gasteiger partial charge in [-0.05, 0) is 161 Å². The highest BCUT2D eigenvalue weighted by Crippen LogP contribution is 2.60. The van der Waals surface area contributed by atoms with E-state index in [4.69, 9.17) is 0 Å². The van der Waals surface area contributed by atoms with E-state index in [1.165, 1.54) is 155 Å². The minimum Gasteiger partial charge on any atom is -0.0622 e. The van der Waals surface area contributed by atoms with Gasteiger partial charge >= 0.3 is 0 Å². The van der Waals surface area contributed by atoms with Crippen LogP contribution >= 0.6 is 0 Å². The Morgan fingerprint density at radius 2 is 0.528 bits per heavy atom. The fourth-order valence-electron chi connectivity index (χ4n) is 12.6. The number of hydrogen-bond donors (Lipinski definition) is 0. The van der Waals surface area contributed by atoms with Gasteiger partial charge in [-0.1, -0.05) is 261 Å². The highest BCUT2D eigenvalue weighted by Gasteiger charge is 2.33. The van der Waals surface area contributed by atoms with Crippen molar-refractivity contribution in [3.63, 3.8) is 0 Å². The molecule has 0 fully saturated rings. The minimum absolute atomic E-state index is 1.19. The minimum atomic E-state index is 1.19. The fourth-order valence-corrected chi connectivity index (χ4v) is 12.6. The average Bonchev–Trinajstić information content (AvgIpc) is 3.97. The van der Waals surface area contributed by atoms with Gasteiger partial charge < -0.3 is 0 Å². The van der Waals surface area contributed by atoms with Crippen LogP contribution in [0.3, 0.4) is 0 Å². The summed E-state index contributed by atoms with van der Waals surface area (Å²) in [5.74, 6) is 0. The maximum absolute atomic E-state index is 2.50. The molecule has 0 nitrogen and oxygen atoms in total. The van der Waals surface area contributed by atoms with Crippen molar-refractivity contribution in [1.82, 2.24) is 0 Å². The monoisotopic (exact) mass is 908 g/mol. The molecular formula is C72H44. The summed E-state index contributed by atoms with van der Waals surface area (Å²) in [6.45, 7) is 0. The van der Waals surface area contributed by atoms with E-state index in [-0.39, 0.29) is 0 Å². The van der Waals surface area contributed by atoms with Crippen LogP contribution < -0.4 is 0 Å². The van der Waals surface area contributed by atoms with E-state index in [1.807, 2.05) is 0 Å². The molecule has 0 saturated heterocycles. The van der Waals surface area contributed by atoms with Gasteiger partial charge in [-0.2, -0.15) is 0 Å². The lowest BCUT2D eigenvalue weighted by molar-refractivity contribution is 1.55. The van der Waals surface area contributed by atoms with Crippen molar-refractivity contribution < 1.29 is 0 Å². The second kappa shape index (κ2) is 16.1. The summed E-state index contributed by atoms with van der Waals surface area (Å²) in [7, 11) is 0. The normalized spacial score (nSPS) is 11.9. The van der Waals surface area contributed by atoms with Crippen LogP contribution in [0, 0.1) is 0 Å². The Hall–Kier alpha value is -9.36. The Labute approximate surface area is 419 Å². The van der Waals surface area contributed by atoms with Crippen LogP contribution in [-0.4, -0.2) is 0 Å². The topological polar surface area (TPSA) is 0 Å². The van der Waals surface area contributed by atoms with Gasteiger partial charge in [0.25, 0.3) is 0 Å². The number of hydrogen-bond acceptors (Lipinski definition) is 0. The molecule has 15 rings (SSSR count). The second-order valence-corrected chi connectivity index (χ2v) is 19.3. The van der Waals surface area contributed by atoms with Crippen LogP contribution in [0.15, 0.2) is 267 Å². The summed E-state index contributed by atoms with van der Waals surface area (Å²) in [4.78, 5) is 0. The zero-order valence-corrected chi connectivity index (χ0v) is 39.4. The molecule has 0 N–H and O–H groups in total. The molecule has 0 aromatic heterocycles. The van der Waals surface area contributed by atoms with Crippen molar-refractivity contribution in [3.8, 4) is 122 Å². The number of fused-ring (bicyclic) bond motifs is 7. The van der Waals surface area contributed by atoms with Gasteiger partial charge in [0, 0.05) is 0 Å². The molecule has 0 heteroatoms. The maximum Gasteiger partial charge on any atom is -0.000741 e. The Morgan fingerprint density at radius 1 is 0.153 bits per heavy atom. The van der Waals surface area contributed by atoms with Gasteiger partial charge in [-0.3, -0.25) is 0 Å². The molecule has 2 aliphatic carbocycles. The lowest BCUT2D eigenvalue weighted by atomic mass is 9.81. The van der Waals surface area contributed by atoms with E-state index >= 15 is 0 Å². The molecular weight excluding hydrogens is 865 g/mol. The van der Waals surface area contributed by atoms with Crippen LogP contribution in [-0.2, 0) is 0 Å². The third-order valence-corrected chi connectivity index (χ3v) is 15.6. The summed E-state index contributed by atoms with van der Waals surface area (Å²) in [5, 5.41) is 7.73. The van der Waals surface area contributed by atoms with E-state index < -0.39 is 0 Å². The van der Waals surface area contributed by atoms with E-state index in [0.717, 1.165) is 0 Å². The van der Waals surface area contributed by atoms with E-state index in [9.17, 15) is 0 Å². The van der Waals surface area contributed by atoms with Gasteiger partial charge in [0.2, 0.25) is 0 Å². The summed E-state index contributed by atoms with van der Waals surface area (Å²) in [6.07, 6.45) is 0. The van der Waals surface area contributed by atoms with Gasteiger partial charge in [0.1, 0.15) is 0 Å². The van der Waals surface area contributed by atoms with E-state index in [0.29, 0.717) is 0 Å². The molecule has 13 aromatic rings. The molecule has 2 aliphatic rings. The largest absolute Gasteiger partial charge is 0.0622 e. The quantitative estimate of drug-likeness (QED) is 0.149. The molecule has 72 heavy (non-hydrogen) atoms. The first-order valence-electron chi connectivity index (χ1n) is 25.1. The first-order valence-corrected chi connectivity index (χ1v) is 25.1. The number of rotatable bonds is 7. The summed E-state index contributed by atoms with van der Waals surface area (Å²) in [6, 6.07) is 99.2. The van der Waals surface area contributed by atoms with Crippen LogP contribution in [0.2, 0.25) is 0 Å². The van der Waals surface area contributed by atoms with Gasteiger partial charge in [-0.25, -0.2) is 0 Å². The van der Waals surface area contributed by atoms with Crippen LogP contribution in [0.4, 0.5) is 0 Å². The molecule has 0 bridgehead atoms. The van der Waals surface area contributed by atoms with Crippen molar-refractivity contribution in [2.24, 2.45) is 0 Å². The highest BCUT2D eigenvalue weighted by molar-refractivity contribution is 6.29. The predicted octanol–water partition coefficient (Wildman–Crippen LogP) is 20.1. The predicted molar refractivity (Wildman–Crippen MR) is 306 cm³/mol. The summed E-state index contributed by atoms with van der Waals surface area (Å²) in [5.41, 5.74) is 27.7. The first-order chi connectivity index (χ1) is 35.8. The highest BCUT2D eigenvalue weighted by atomic mass is 14.4. The molecule has 0 saturated carbocycles. The number of benzene rings is 13. The van der Waals surface area contributed by atoms with Crippen molar-refractivity contribution in [2.45, 2.75) is 0 Å².